The summed E-state index contributed by atoms with van der Waals surface area (Å²) in [6.07, 6.45) is 3.76. The number of hydrogen-bond donors (Lipinski definition) is 1. The van der Waals surface area contributed by atoms with Crippen molar-refractivity contribution in [2.24, 2.45) is 5.92 Å². The molecule has 1 nitrogen and oxygen atoms in total. The Bertz CT molecular complexity index is 367. The highest BCUT2D eigenvalue weighted by molar-refractivity contribution is 6.30. The minimum atomic E-state index is -0.333. The lowest BCUT2D eigenvalue weighted by Gasteiger charge is -2.12. The SMILES string of the molecule is CC1CCC(NCc2ccc(Cl)c(F)c2)C1. The lowest BCUT2D eigenvalue weighted by Crippen LogP contribution is -2.25. The highest BCUT2D eigenvalue weighted by atomic mass is 35.5. The van der Waals surface area contributed by atoms with Gasteiger partial charge in [0.25, 0.3) is 0 Å². The normalized spacial score (nSPS) is 24.9. The van der Waals surface area contributed by atoms with Gasteiger partial charge in [-0.2, -0.15) is 0 Å². The molecule has 1 aliphatic carbocycles. The third-order valence-electron chi connectivity index (χ3n) is 3.27. The summed E-state index contributed by atoms with van der Waals surface area (Å²) >= 11 is 5.63. The summed E-state index contributed by atoms with van der Waals surface area (Å²) in [7, 11) is 0. The van der Waals surface area contributed by atoms with E-state index in [1.54, 1.807) is 6.07 Å². The fraction of sp³-hybridized carbons (Fsp3) is 0.538. The molecule has 2 rings (SSSR count). The zero-order valence-electron chi connectivity index (χ0n) is 9.47. The van der Waals surface area contributed by atoms with Gasteiger partial charge in [-0.25, -0.2) is 4.39 Å². The molecule has 0 aliphatic heterocycles. The van der Waals surface area contributed by atoms with E-state index in [1.807, 2.05) is 6.07 Å². The van der Waals surface area contributed by atoms with Gasteiger partial charge in [0.15, 0.2) is 0 Å². The predicted molar refractivity (Wildman–Crippen MR) is 65.1 cm³/mol. The topological polar surface area (TPSA) is 12.0 Å². The Balaban J connectivity index is 1.87. The molecule has 0 radical (unpaired) electrons. The van der Waals surface area contributed by atoms with Crippen molar-refractivity contribution in [2.75, 3.05) is 0 Å². The van der Waals surface area contributed by atoms with Crippen molar-refractivity contribution < 1.29 is 4.39 Å². The van der Waals surface area contributed by atoms with Crippen LogP contribution in [0.5, 0.6) is 0 Å². The van der Waals surface area contributed by atoms with Crippen LogP contribution in [0.1, 0.15) is 31.7 Å². The average molecular weight is 242 g/mol. The number of halogens is 2. The molecule has 16 heavy (non-hydrogen) atoms. The lowest BCUT2D eigenvalue weighted by atomic mass is 10.1. The van der Waals surface area contributed by atoms with E-state index in [0.717, 1.165) is 18.0 Å². The van der Waals surface area contributed by atoms with Crippen molar-refractivity contribution in [1.82, 2.24) is 5.32 Å². The molecule has 2 atom stereocenters. The molecule has 1 saturated carbocycles. The van der Waals surface area contributed by atoms with Crippen molar-refractivity contribution in [1.29, 1.82) is 0 Å². The maximum Gasteiger partial charge on any atom is 0.142 e. The first-order chi connectivity index (χ1) is 7.65. The highest BCUT2D eigenvalue weighted by Gasteiger charge is 2.20. The minimum absolute atomic E-state index is 0.193. The third-order valence-corrected chi connectivity index (χ3v) is 3.58. The summed E-state index contributed by atoms with van der Waals surface area (Å²) in [5.74, 6) is 0.486. The van der Waals surface area contributed by atoms with Crippen molar-refractivity contribution in [3.63, 3.8) is 0 Å². The molecule has 2 unspecified atom stereocenters. The Morgan fingerprint density at radius 3 is 2.88 bits per heavy atom. The van der Waals surface area contributed by atoms with Gasteiger partial charge in [-0.3, -0.25) is 0 Å². The molecular formula is C13H17ClFN. The van der Waals surface area contributed by atoms with Crippen LogP contribution in [0.2, 0.25) is 5.02 Å². The van der Waals surface area contributed by atoms with Crippen LogP contribution in [0.3, 0.4) is 0 Å². The zero-order chi connectivity index (χ0) is 11.5. The van der Waals surface area contributed by atoms with Crippen molar-refractivity contribution in [2.45, 2.75) is 38.8 Å². The predicted octanol–water partition coefficient (Wildman–Crippen LogP) is 3.76. The second kappa shape index (κ2) is 5.15. The van der Waals surface area contributed by atoms with E-state index >= 15 is 0 Å². The van der Waals surface area contributed by atoms with Crippen LogP contribution in [0.25, 0.3) is 0 Å². The number of rotatable bonds is 3. The van der Waals surface area contributed by atoms with Gasteiger partial charge in [0, 0.05) is 12.6 Å². The fourth-order valence-corrected chi connectivity index (χ4v) is 2.42. The first-order valence-electron chi connectivity index (χ1n) is 5.82. The molecule has 0 saturated heterocycles. The van der Waals surface area contributed by atoms with Crippen LogP contribution in [0.4, 0.5) is 4.39 Å². The minimum Gasteiger partial charge on any atom is -0.310 e. The molecule has 0 heterocycles. The molecule has 1 N–H and O–H groups in total. The molecule has 0 aromatic heterocycles. The van der Waals surface area contributed by atoms with E-state index in [-0.39, 0.29) is 10.8 Å². The molecule has 1 fully saturated rings. The Labute approximate surface area is 101 Å². The summed E-state index contributed by atoms with van der Waals surface area (Å²) in [5, 5.41) is 3.66. The summed E-state index contributed by atoms with van der Waals surface area (Å²) < 4.78 is 13.2. The highest BCUT2D eigenvalue weighted by Crippen LogP contribution is 2.25. The van der Waals surface area contributed by atoms with Crippen molar-refractivity contribution in [3.8, 4) is 0 Å². The summed E-state index contributed by atoms with van der Waals surface area (Å²) in [6.45, 7) is 3.01. The molecule has 0 spiro atoms. The quantitative estimate of drug-likeness (QED) is 0.850. The van der Waals surface area contributed by atoms with Gasteiger partial charge in [-0.05, 0) is 42.9 Å². The van der Waals surface area contributed by atoms with Gasteiger partial charge in [-0.15, -0.1) is 0 Å². The summed E-state index contributed by atoms with van der Waals surface area (Å²) in [5.41, 5.74) is 0.960. The molecule has 3 heteroatoms. The maximum atomic E-state index is 13.2. The fourth-order valence-electron chi connectivity index (χ4n) is 2.30. The van der Waals surface area contributed by atoms with Crippen molar-refractivity contribution >= 4 is 11.6 Å². The first-order valence-corrected chi connectivity index (χ1v) is 6.20. The van der Waals surface area contributed by atoms with Crippen LogP contribution in [0.15, 0.2) is 18.2 Å². The first kappa shape index (κ1) is 11.9. The Kier molecular flexibility index (Phi) is 3.82. The van der Waals surface area contributed by atoms with Gasteiger partial charge in [0.1, 0.15) is 5.82 Å². The Hall–Kier alpha value is -0.600. The Morgan fingerprint density at radius 1 is 1.44 bits per heavy atom. The van der Waals surface area contributed by atoms with E-state index in [0.29, 0.717) is 6.04 Å². The van der Waals surface area contributed by atoms with Crippen molar-refractivity contribution in [3.05, 3.63) is 34.6 Å². The van der Waals surface area contributed by atoms with Gasteiger partial charge >= 0.3 is 0 Å². The maximum absolute atomic E-state index is 13.2. The van der Waals surface area contributed by atoms with E-state index in [4.69, 9.17) is 11.6 Å². The molecule has 1 aliphatic rings. The van der Waals surface area contributed by atoms with Crippen LogP contribution in [0, 0.1) is 11.7 Å². The van der Waals surface area contributed by atoms with Crippen LogP contribution in [-0.4, -0.2) is 6.04 Å². The van der Waals surface area contributed by atoms with E-state index in [1.165, 1.54) is 25.3 Å². The summed E-state index contributed by atoms with van der Waals surface area (Å²) in [6, 6.07) is 5.59. The third kappa shape index (κ3) is 2.96. The van der Waals surface area contributed by atoms with Gasteiger partial charge in [0.2, 0.25) is 0 Å². The molecule has 1 aromatic carbocycles. The van der Waals surface area contributed by atoms with E-state index in [2.05, 4.69) is 12.2 Å². The monoisotopic (exact) mass is 241 g/mol. The largest absolute Gasteiger partial charge is 0.310 e. The van der Waals surface area contributed by atoms with Crippen LogP contribution in [-0.2, 0) is 6.54 Å². The second-order valence-electron chi connectivity index (χ2n) is 4.74. The molecular weight excluding hydrogens is 225 g/mol. The standard InChI is InChI=1S/C13H17ClFN/c1-9-2-4-11(6-9)16-8-10-3-5-12(14)13(15)7-10/h3,5,7,9,11,16H,2,4,6,8H2,1H3. The number of hydrogen-bond acceptors (Lipinski definition) is 1. The van der Waals surface area contributed by atoms with Gasteiger partial charge in [0.05, 0.1) is 5.02 Å². The molecule has 0 amide bonds. The second-order valence-corrected chi connectivity index (χ2v) is 5.15. The molecule has 0 bridgehead atoms. The zero-order valence-corrected chi connectivity index (χ0v) is 10.2. The molecule has 88 valence electrons. The van der Waals surface area contributed by atoms with Gasteiger partial charge in [-0.1, -0.05) is 24.6 Å². The number of benzene rings is 1. The van der Waals surface area contributed by atoms with E-state index < -0.39 is 0 Å². The molecule has 1 aromatic rings. The van der Waals surface area contributed by atoms with Gasteiger partial charge < -0.3 is 5.32 Å². The summed E-state index contributed by atoms with van der Waals surface area (Å²) in [4.78, 5) is 0. The lowest BCUT2D eigenvalue weighted by molar-refractivity contribution is 0.501. The van der Waals surface area contributed by atoms with E-state index in [9.17, 15) is 4.39 Å². The smallest absolute Gasteiger partial charge is 0.142 e. The van der Waals surface area contributed by atoms with Crippen LogP contribution < -0.4 is 5.32 Å². The number of nitrogens with one attached hydrogen (secondary N) is 1. The Morgan fingerprint density at radius 2 is 2.25 bits per heavy atom. The average Bonchev–Trinajstić information content (AvgIpc) is 2.66. The van der Waals surface area contributed by atoms with Crippen LogP contribution >= 0.6 is 11.6 Å².